The lowest BCUT2D eigenvalue weighted by Gasteiger charge is -2.13. The van der Waals surface area contributed by atoms with Crippen LogP contribution in [0.25, 0.3) is 16.6 Å². The van der Waals surface area contributed by atoms with Gasteiger partial charge in [0, 0.05) is 17.6 Å². The first-order valence-corrected chi connectivity index (χ1v) is 13.7. The van der Waals surface area contributed by atoms with Gasteiger partial charge in [-0.25, -0.2) is 13.1 Å². The molecule has 10 heteroatoms. The number of carbonyl (C=O) groups excluding carboxylic acids is 1. The van der Waals surface area contributed by atoms with Crippen LogP contribution in [-0.2, 0) is 14.8 Å². The molecule has 0 fully saturated rings. The number of aryl methyl sites for hydroxylation is 2. The predicted octanol–water partition coefficient (Wildman–Crippen LogP) is 4.55. The number of thioether (sulfide) groups is 1. The minimum atomic E-state index is -3.58. The standard InChI is InChI=1S/C25H29N5O3S2/c1-15(2)14-26-35(32,33)20-11-9-19(10-12-20)27-24(31)18(5)34-25-29-28-22-13-17(4)21-8-6-7-16(3)23(21)30(22)25/h6-13,15,18,26H,14H2,1-5H3,(H,27,31). The Balaban J connectivity index is 1.51. The summed E-state index contributed by atoms with van der Waals surface area (Å²) in [5.41, 5.74) is 4.52. The molecule has 0 radical (unpaired) electrons. The molecule has 0 aliphatic carbocycles. The fraction of sp³-hybridized carbons (Fsp3) is 0.320. The van der Waals surface area contributed by atoms with Gasteiger partial charge in [-0.3, -0.25) is 9.20 Å². The summed E-state index contributed by atoms with van der Waals surface area (Å²) < 4.78 is 29.3. The van der Waals surface area contributed by atoms with E-state index in [4.69, 9.17) is 0 Å². The molecule has 0 saturated heterocycles. The molecule has 2 aromatic heterocycles. The van der Waals surface area contributed by atoms with Crippen molar-refractivity contribution in [2.24, 2.45) is 5.92 Å². The molecule has 0 aliphatic heterocycles. The number of nitrogens with zero attached hydrogens (tertiary/aromatic N) is 3. The van der Waals surface area contributed by atoms with E-state index in [0.717, 1.165) is 27.7 Å². The summed E-state index contributed by atoms with van der Waals surface area (Å²) in [6, 6.07) is 14.3. The van der Waals surface area contributed by atoms with Gasteiger partial charge in [-0.2, -0.15) is 0 Å². The summed E-state index contributed by atoms with van der Waals surface area (Å²) in [4.78, 5) is 13.1. The van der Waals surface area contributed by atoms with Crippen LogP contribution >= 0.6 is 11.8 Å². The van der Waals surface area contributed by atoms with Crippen molar-refractivity contribution in [1.29, 1.82) is 0 Å². The molecule has 2 heterocycles. The average molecular weight is 512 g/mol. The average Bonchev–Trinajstić information content (AvgIpc) is 3.20. The number of anilines is 1. The molecule has 2 N–H and O–H groups in total. The summed E-state index contributed by atoms with van der Waals surface area (Å²) in [6.07, 6.45) is 0. The summed E-state index contributed by atoms with van der Waals surface area (Å²) in [7, 11) is -3.58. The zero-order valence-electron chi connectivity index (χ0n) is 20.4. The zero-order chi connectivity index (χ0) is 25.3. The van der Waals surface area contributed by atoms with Crippen molar-refractivity contribution in [2.75, 3.05) is 11.9 Å². The van der Waals surface area contributed by atoms with Crippen LogP contribution in [0.2, 0.25) is 0 Å². The Labute approximate surface area is 209 Å². The number of amides is 1. The summed E-state index contributed by atoms with van der Waals surface area (Å²) in [6.45, 7) is 10.1. The molecule has 1 atom stereocenters. The first-order chi connectivity index (χ1) is 16.6. The van der Waals surface area contributed by atoms with Crippen LogP contribution in [0.5, 0.6) is 0 Å². The second-order valence-corrected chi connectivity index (χ2v) is 12.1. The molecule has 0 spiro atoms. The number of aromatic nitrogens is 3. The van der Waals surface area contributed by atoms with Gasteiger partial charge < -0.3 is 5.32 Å². The lowest BCUT2D eigenvalue weighted by atomic mass is 10.1. The number of para-hydroxylation sites is 1. The topological polar surface area (TPSA) is 105 Å². The van der Waals surface area contributed by atoms with E-state index < -0.39 is 15.3 Å². The zero-order valence-corrected chi connectivity index (χ0v) is 22.0. The van der Waals surface area contributed by atoms with E-state index in [1.54, 1.807) is 19.1 Å². The molecule has 4 aromatic rings. The maximum atomic E-state index is 12.9. The van der Waals surface area contributed by atoms with Crippen molar-refractivity contribution in [3.05, 3.63) is 59.7 Å². The SMILES string of the molecule is Cc1cc2nnc(SC(C)C(=O)Nc3ccc(S(=O)(=O)NCC(C)C)cc3)n2c2c(C)cccc12. The Morgan fingerprint density at radius 1 is 1.03 bits per heavy atom. The van der Waals surface area contributed by atoms with Crippen molar-refractivity contribution in [3.63, 3.8) is 0 Å². The second kappa shape index (κ2) is 9.96. The quantitative estimate of drug-likeness (QED) is 0.336. The van der Waals surface area contributed by atoms with Crippen LogP contribution in [0, 0.1) is 19.8 Å². The second-order valence-electron chi connectivity index (χ2n) is 8.99. The summed E-state index contributed by atoms with van der Waals surface area (Å²) in [5, 5.41) is 12.8. The third-order valence-corrected chi connectivity index (χ3v) is 8.14. The smallest absolute Gasteiger partial charge is 0.240 e. The van der Waals surface area contributed by atoms with Crippen LogP contribution in [0.3, 0.4) is 0 Å². The van der Waals surface area contributed by atoms with Gasteiger partial charge in [0.2, 0.25) is 15.9 Å². The summed E-state index contributed by atoms with van der Waals surface area (Å²) >= 11 is 1.32. The van der Waals surface area contributed by atoms with E-state index in [0.29, 0.717) is 17.4 Å². The lowest BCUT2D eigenvalue weighted by molar-refractivity contribution is -0.115. The van der Waals surface area contributed by atoms with Crippen molar-refractivity contribution in [1.82, 2.24) is 19.3 Å². The normalized spacial score (nSPS) is 13.0. The predicted molar refractivity (Wildman–Crippen MR) is 140 cm³/mol. The van der Waals surface area contributed by atoms with Crippen molar-refractivity contribution >= 4 is 49.9 Å². The minimum Gasteiger partial charge on any atom is -0.325 e. The third kappa shape index (κ3) is 5.34. The maximum Gasteiger partial charge on any atom is 0.240 e. The van der Waals surface area contributed by atoms with Crippen LogP contribution in [-0.4, -0.2) is 40.7 Å². The van der Waals surface area contributed by atoms with Crippen LogP contribution < -0.4 is 10.0 Å². The number of rotatable bonds is 8. The minimum absolute atomic E-state index is 0.158. The van der Waals surface area contributed by atoms with E-state index in [-0.39, 0.29) is 16.7 Å². The highest BCUT2D eigenvalue weighted by Gasteiger charge is 2.21. The fourth-order valence-corrected chi connectivity index (χ4v) is 5.81. The first kappa shape index (κ1) is 25.2. The van der Waals surface area contributed by atoms with Crippen LogP contribution in [0.1, 0.15) is 31.9 Å². The van der Waals surface area contributed by atoms with Crippen molar-refractivity contribution in [2.45, 2.75) is 49.9 Å². The number of nitrogens with one attached hydrogen (secondary N) is 2. The number of pyridine rings is 1. The van der Waals surface area contributed by atoms with E-state index >= 15 is 0 Å². The number of fused-ring (bicyclic) bond motifs is 3. The molecule has 2 aromatic carbocycles. The summed E-state index contributed by atoms with van der Waals surface area (Å²) in [5.74, 6) is -0.0101. The van der Waals surface area contributed by atoms with Crippen LogP contribution in [0.15, 0.2) is 58.6 Å². The molecule has 184 valence electrons. The maximum absolute atomic E-state index is 12.9. The Morgan fingerprint density at radius 3 is 2.43 bits per heavy atom. The number of hydrogen-bond acceptors (Lipinski definition) is 6. The molecule has 1 unspecified atom stereocenters. The number of hydrogen-bond donors (Lipinski definition) is 2. The van der Waals surface area contributed by atoms with Gasteiger partial charge in [0.15, 0.2) is 10.8 Å². The van der Waals surface area contributed by atoms with Crippen molar-refractivity contribution in [3.8, 4) is 0 Å². The Bertz CT molecular complexity index is 1500. The van der Waals surface area contributed by atoms with Crippen molar-refractivity contribution < 1.29 is 13.2 Å². The van der Waals surface area contributed by atoms with Crippen LogP contribution in [0.4, 0.5) is 5.69 Å². The Hall–Kier alpha value is -2.95. The first-order valence-electron chi connectivity index (χ1n) is 11.4. The molecule has 8 nitrogen and oxygen atoms in total. The largest absolute Gasteiger partial charge is 0.325 e. The van der Waals surface area contributed by atoms with Gasteiger partial charge in [0.05, 0.1) is 15.7 Å². The highest BCUT2D eigenvalue weighted by molar-refractivity contribution is 8.00. The van der Waals surface area contributed by atoms with E-state index in [9.17, 15) is 13.2 Å². The Morgan fingerprint density at radius 2 is 1.74 bits per heavy atom. The van der Waals surface area contributed by atoms with Gasteiger partial charge in [0.25, 0.3) is 0 Å². The monoisotopic (exact) mass is 511 g/mol. The molecule has 1 amide bonds. The molecule has 4 rings (SSSR count). The van der Waals surface area contributed by atoms with Gasteiger partial charge in [-0.05, 0) is 68.1 Å². The van der Waals surface area contributed by atoms with E-state index in [1.165, 1.54) is 23.9 Å². The Kier molecular flexibility index (Phi) is 7.16. The highest BCUT2D eigenvalue weighted by atomic mass is 32.2. The van der Waals surface area contributed by atoms with E-state index in [1.807, 2.05) is 43.4 Å². The van der Waals surface area contributed by atoms with E-state index in [2.05, 4.69) is 33.2 Å². The van der Waals surface area contributed by atoms with Gasteiger partial charge in [0.1, 0.15) is 0 Å². The number of benzene rings is 2. The number of sulfonamides is 1. The molecular formula is C25H29N5O3S2. The van der Waals surface area contributed by atoms with Gasteiger partial charge in [-0.1, -0.05) is 43.8 Å². The molecule has 35 heavy (non-hydrogen) atoms. The molecule has 0 aliphatic rings. The lowest BCUT2D eigenvalue weighted by Crippen LogP contribution is -2.27. The third-order valence-electron chi connectivity index (χ3n) is 5.66. The highest BCUT2D eigenvalue weighted by Crippen LogP contribution is 2.30. The fourth-order valence-electron chi connectivity index (χ4n) is 3.74. The molecule has 0 bridgehead atoms. The molecular weight excluding hydrogens is 482 g/mol. The molecule has 0 saturated carbocycles. The van der Waals surface area contributed by atoms with Gasteiger partial charge >= 0.3 is 0 Å². The van der Waals surface area contributed by atoms with Gasteiger partial charge in [-0.15, -0.1) is 10.2 Å². The number of carbonyl (C=O) groups is 1.